The molecule has 0 radical (unpaired) electrons. The Bertz CT molecular complexity index is 597. The standard InChI is InChI=1S/C8H6F3NO6S/c1-17-6-4-2-3-5(12(13)14)7(6)18-19(15,16)8(9,10)11/h2-4H,1H3. The number of hydrogen-bond acceptors (Lipinski definition) is 6. The minimum Gasteiger partial charge on any atom is -0.493 e. The third-order valence-corrected chi connectivity index (χ3v) is 2.80. The van der Waals surface area contributed by atoms with Gasteiger partial charge in [-0.1, -0.05) is 6.07 Å². The Morgan fingerprint density at radius 3 is 2.32 bits per heavy atom. The van der Waals surface area contributed by atoms with E-state index in [0.717, 1.165) is 25.3 Å². The average molecular weight is 301 g/mol. The second kappa shape index (κ2) is 4.91. The van der Waals surface area contributed by atoms with Crippen LogP contribution in [0.5, 0.6) is 11.5 Å². The number of nitro benzene ring substituents is 1. The van der Waals surface area contributed by atoms with E-state index in [-0.39, 0.29) is 0 Å². The maximum atomic E-state index is 12.2. The van der Waals surface area contributed by atoms with Crippen LogP contribution in [0.1, 0.15) is 0 Å². The number of nitro groups is 1. The molecule has 7 nitrogen and oxygen atoms in total. The molecule has 19 heavy (non-hydrogen) atoms. The molecule has 0 aliphatic rings. The summed E-state index contributed by atoms with van der Waals surface area (Å²) in [7, 11) is -5.03. The van der Waals surface area contributed by atoms with Crippen molar-refractivity contribution >= 4 is 15.8 Å². The summed E-state index contributed by atoms with van der Waals surface area (Å²) in [5.41, 5.74) is -6.67. The molecule has 0 fully saturated rings. The Hall–Kier alpha value is -2.04. The molecular formula is C8H6F3NO6S. The van der Waals surface area contributed by atoms with Crippen molar-refractivity contribution in [3.63, 3.8) is 0 Å². The maximum Gasteiger partial charge on any atom is 0.534 e. The molecule has 0 unspecified atom stereocenters. The third kappa shape index (κ3) is 3.05. The van der Waals surface area contributed by atoms with Gasteiger partial charge >= 0.3 is 21.3 Å². The van der Waals surface area contributed by atoms with E-state index in [1.165, 1.54) is 0 Å². The van der Waals surface area contributed by atoms with Gasteiger partial charge in [0.1, 0.15) is 0 Å². The first kappa shape index (κ1) is 15.0. The van der Waals surface area contributed by atoms with Gasteiger partial charge in [0.15, 0.2) is 5.75 Å². The quantitative estimate of drug-likeness (QED) is 0.364. The number of hydrogen-bond donors (Lipinski definition) is 0. The number of ether oxygens (including phenoxy) is 1. The van der Waals surface area contributed by atoms with E-state index in [0.29, 0.717) is 0 Å². The van der Waals surface area contributed by atoms with Gasteiger partial charge in [-0.25, -0.2) is 0 Å². The van der Waals surface area contributed by atoms with Crippen molar-refractivity contribution in [2.45, 2.75) is 5.51 Å². The first-order chi connectivity index (χ1) is 8.60. The van der Waals surface area contributed by atoms with E-state index < -0.39 is 37.7 Å². The fraction of sp³-hybridized carbons (Fsp3) is 0.250. The van der Waals surface area contributed by atoms with Crippen LogP contribution in [0, 0.1) is 10.1 Å². The van der Waals surface area contributed by atoms with Crippen LogP contribution in [-0.2, 0) is 10.1 Å². The molecular weight excluding hydrogens is 295 g/mol. The fourth-order valence-electron chi connectivity index (χ4n) is 1.05. The normalized spacial score (nSPS) is 12.0. The van der Waals surface area contributed by atoms with Crippen LogP contribution in [0.3, 0.4) is 0 Å². The lowest BCUT2D eigenvalue weighted by Crippen LogP contribution is -2.28. The minimum absolute atomic E-state index is 0.512. The molecule has 1 rings (SSSR count). The molecule has 0 aromatic heterocycles. The largest absolute Gasteiger partial charge is 0.534 e. The second-order valence-corrected chi connectivity index (χ2v) is 4.59. The smallest absolute Gasteiger partial charge is 0.493 e. The monoisotopic (exact) mass is 301 g/mol. The van der Waals surface area contributed by atoms with Crippen LogP contribution in [-0.4, -0.2) is 26.0 Å². The number of methoxy groups -OCH3 is 1. The van der Waals surface area contributed by atoms with Gasteiger partial charge in [0.05, 0.1) is 12.0 Å². The molecule has 0 spiro atoms. The summed E-state index contributed by atoms with van der Waals surface area (Å²) in [5, 5.41) is 10.6. The van der Waals surface area contributed by atoms with Crippen molar-refractivity contribution in [1.29, 1.82) is 0 Å². The van der Waals surface area contributed by atoms with E-state index in [1.807, 2.05) is 0 Å². The fourth-order valence-corrected chi connectivity index (χ4v) is 1.53. The van der Waals surface area contributed by atoms with E-state index in [1.54, 1.807) is 0 Å². The van der Waals surface area contributed by atoms with Gasteiger partial charge in [0, 0.05) is 6.07 Å². The number of benzene rings is 1. The molecule has 0 N–H and O–H groups in total. The van der Waals surface area contributed by atoms with Crippen molar-refractivity contribution < 1.29 is 35.4 Å². The minimum atomic E-state index is -6.02. The van der Waals surface area contributed by atoms with Crippen LogP contribution < -0.4 is 8.92 Å². The molecule has 0 aliphatic carbocycles. The number of alkyl halides is 3. The van der Waals surface area contributed by atoms with Crippen LogP contribution in [0.4, 0.5) is 18.9 Å². The summed E-state index contributed by atoms with van der Waals surface area (Å²) in [6.45, 7) is 0. The highest BCUT2D eigenvalue weighted by molar-refractivity contribution is 7.88. The Morgan fingerprint density at radius 2 is 1.89 bits per heavy atom. The summed E-state index contributed by atoms with van der Waals surface area (Å²) in [5.74, 6) is -1.64. The van der Waals surface area contributed by atoms with E-state index in [4.69, 9.17) is 0 Å². The maximum absolute atomic E-state index is 12.2. The van der Waals surface area contributed by atoms with Crippen LogP contribution >= 0.6 is 0 Å². The summed E-state index contributed by atoms with van der Waals surface area (Å²) in [6, 6.07) is 2.90. The second-order valence-electron chi connectivity index (χ2n) is 3.05. The molecule has 106 valence electrons. The van der Waals surface area contributed by atoms with Crippen molar-refractivity contribution in [3.05, 3.63) is 28.3 Å². The molecule has 0 atom stereocenters. The van der Waals surface area contributed by atoms with Crippen molar-refractivity contribution in [1.82, 2.24) is 0 Å². The highest BCUT2D eigenvalue weighted by Gasteiger charge is 2.49. The molecule has 0 amide bonds. The molecule has 0 aliphatic heterocycles. The van der Waals surface area contributed by atoms with Gasteiger partial charge in [0.25, 0.3) is 5.75 Å². The van der Waals surface area contributed by atoms with E-state index in [2.05, 4.69) is 8.92 Å². The van der Waals surface area contributed by atoms with Gasteiger partial charge in [-0.05, 0) is 6.07 Å². The lowest BCUT2D eigenvalue weighted by atomic mass is 10.3. The lowest BCUT2D eigenvalue weighted by Gasteiger charge is -2.11. The van der Waals surface area contributed by atoms with Crippen LogP contribution in [0.15, 0.2) is 18.2 Å². The summed E-state index contributed by atoms with van der Waals surface area (Å²) >= 11 is 0. The third-order valence-electron chi connectivity index (χ3n) is 1.85. The van der Waals surface area contributed by atoms with Crippen molar-refractivity contribution in [3.8, 4) is 11.5 Å². The Morgan fingerprint density at radius 1 is 1.32 bits per heavy atom. The van der Waals surface area contributed by atoms with Crippen LogP contribution in [0.2, 0.25) is 0 Å². The molecule has 0 heterocycles. The zero-order chi connectivity index (χ0) is 14.8. The predicted molar refractivity (Wildman–Crippen MR) is 55.3 cm³/mol. The number of nitrogens with zero attached hydrogens (tertiary/aromatic N) is 1. The number of para-hydroxylation sites is 1. The Balaban J connectivity index is 3.39. The van der Waals surface area contributed by atoms with Gasteiger partial charge in [0.2, 0.25) is 0 Å². The van der Waals surface area contributed by atoms with Gasteiger partial charge in [-0.2, -0.15) is 21.6 Å². The first-order valence-corrected chi connectivity index (χ1v) is 5.83. The SMILES string of the molecule is COc1cccc([N+](=O)[O-])c1OS(=O)(=O)C(F)(F)F. The highest BCUT2D eigenvalue weighted by Crippen LogP contribution is 2.39. The van der Waals surface area contributed by atoms with Crippen molar-refractivity contribution in [2.24, 2.45) is 0 Å². The average Bonchev–Trinajstić information content (AvgIpc) is 2.26. The molecule has 0 saturated heterocycles. The van der Waals surface area contributed by atoms with E-state index >= 15 is 0 Å². The zero-order valence-electron chi connectivity index (χ0n) is 9.17. The zero-order valence-corrected chi connectivity index (χ0v) is 9.99. The number of halogens is 3. The van der Waals surface area contributed by atoms with Gasteiger partial charge in [-0.3, -0.25) is 10.1 Å². The van der Waals surface area contributed by atoms with Crippen LogP contribution in [0.25, 0.3) is 0 Å². The van der Waals surface area contributed by atoms with Crippen molar-refractivity contribution in [2.75, 3.05) is 7.11 Å². The summed E-state index contributed by atoms with van der Waals surface area (Å²) < 4.78 is 66.5. The van der Waals surface area contributed by atoms with Gasteiger partial charge in [-0.15, -0.1) is 0 Å². The summed E-state index contributed by atoms with van der Waals surface area (Å²) in [4.78, 5) is 9.53. The first-order valence-electron chi connectivity index (χ1n) is 4.42. The summed E-state index contributed by atoms with van der Waals surface area (Å²) in [6.07, 6.45) is 0. The number of rotatable bonds is 4. The molecule has 0 bridgehead atoms. The molecule has 1 aromatic carbocycles. The molecule has 1 aromatic rings. The lowest BCUT2D eigenvalue weighted by molar-refractivity contribution is -0.385. The molecule has 0 saturated carbocycles. The Labute approximate surface area is 104 Å². The predicted octanol–water partition coefficient (Wildman–Crippen LogP) is 1.83. The highest BCUT2D eigenvalue weighted by atomic mass is 32.2. The van der Waals surface area contributed by atoms with Gasteiger partial charge < -0.3 is 8.92 Å². The topological polar surface area (TPSA) is 95.7 Å². The Kier molecular flexibility index (Phi) is 3.88. The van der Waals surface area contributed by atoms with E-state index in [9.17, 15) is 31.7 Å². The molecule has 11 heteroatoms.